The molecule has 0 aliphatic heterocycles. The van der Waals surface area contributed by atoms with Gasteiger partial charge in [0, 0.05) is 0 Å². The van der Waals surface area contributed by atoms with Gasteiger partial charge in [-0.25, -0.2) is 0 Å². The maximum absolute atomic E-state index is 3.06. The van der Waals surface area contributed by atoms with Crippen molar-refractivity contribution < 1.29 is 0 Å². The van der Waals surface area contributed by atoms with Crippen LogP contribution in [-0.4, -0.2) is 13.3 Å². The average Bonchev–Trinajstić information content (AvgIpc) is 2.77. The summed E-state index contributed by atoms with van der Waals surface area (Å²) >= 11 is -3.06. The summed E-state index contributed by atoms with van der Waals surface area (Å²) in [4.78, 5) is 0. The predicted molar refractivity (Wildman–Crippen MR) is 124 cm³/mol. The van der Waals surface area contributed by atoms with Gasteiger partial charge in [-0.3, -0.25) is 0 Å². The summed E-state index contributed by atoms with van der Waals surface area (Å²) in [7, 11) is 0. The number of rotatable bonds is 5. The van der Waals surface area contributed by atoms with Crippen molar-refractivity contribution in [2.45, 2.75) is 19.8 Å². The van der Waals surface area contributed by atoms with E-state index in [1.54, 1.807) is 0 Å². The molecular formula is C27H26Ge. The minimum absolute atomic E-state index is 0.543. The molecule has 0 aromatic heterocycles. The van der Waals surface area contributed by atoms with E-state index in [0.717, 1.165) is 0 Å². The normalized spacial score (nSPS) is 11.5. The molecule has 0 saturated heterocycles. The van der Waals surface area contributed by atoms with Crippen LogP contribution in [0.4, 0.5) is 0 Å². The van der Waals surface area contributed by atoms with Gasteiger partial charge in [0.1, 0.15) is 0 Å². The van der Waals surface area contributed by atoms with Crippen LogP contribution in [0.2, 0.25) is 0 Å². The zero-order chi connectivity index (χ0) is 19.4. The Balaban J connectivity index is 2.07. The van der Waals surface area contributed by atoms with Crippen LogP contribution >= 0.6 is 0 Å². The average molecular weight is 423 g/mol. The van der Waals surface area contributed by atoms with Gasteiger partial charge in [0.25, 0.3) is 0 Å². The molecule has 0 aliphatic carbocycles. The van der Waals surface area contributed by atoms with Crippen molar-refractivity contribution in [3.63, 3.8) is 0 Å². The molecule has 138 valence electrons. The molecule has 0 bridgehead atoms. The second-order valence-corrected chi connectivity index (χ2v) is 15.6. The Labute approximate surface area is 171 Å². The van der Waals surface area contributed by atoms with Gasteiger partial charge < -0.3 is 0 Å². The van der Waals surface area contributed by atoms with Crippen LogP contribution in [-0.2, 0) is 0 Å². The summed E-state index contributed by atoms with van der Waals surface area (Å²) in [5, 5.41) is 0. The molecule has 0 N–H and O–H groups in total. The number of benzene rings is 4. The zero-order valence-corrected chi connectivity index (χ0v) is 18.6. The third-order valence-corrected chi connectivity index (χ3v) is 15.7. The monoisotopic (exact) mass is 424 g/mol. The van der Waals surface area contributed by atoms with Gasteiger partial charge in [-0.2, -0.15) is 0 Å². The van der Waals surface area contributed by atoms with Crippen LogP contribution in [0.3, 0.4) is 0 Å². The van der Waals surface area contributed by atoms with Gasteiger partial charge in [-0.1, -0.05) is 0 Å². The van der Waals surface area contributed by atoms with Gasteiger partial charge in [-0.05, 0) is 0 Å². The van der Waals surface area contributed by atoms with Crippen molar-refractivity contribution >= 4 is 30.8 Å². The van der Waals surface area contributed by atoms with E-state index in [0.29, 0.717) is 5.92 Å². The molecule has 0 nitrogen and oxygen atoms in total. The van der Waals surface area contributed by atoms with Gasteiger partial charge in [0.15, 0.2) is 0 Å². The molecule has 0 aliphatic rings. The summed E-state index contributed by atoms with van der Waals surface area (Å²) in [5.41, 5.74) is 1.40. The first-order chi connectivity index (χ1) is 13.7. The molecule has 0 radical (unpaired) electrons. The molecule has 4 aromatic carbocycles. The molecule has 4 aromatic rings. The van der Waals surface area contributed by atoms with E-state index in [9.17, 15) is 0 Å². The van der Waals surface area contributed by atoms with Crippen LogP contribution < -0.4 is 17.6 Å². The van der Waals surface area contributed by atoms with E-state index in [-0.39, 0.29) is 0 Å². The summed E-state index contributed by atoms with van der Waals surface area (Å²) in [6.45, 7) is 4.52. The van der Waals surface area contributed by atoms with Gasteiger partial charge in [0.2, 0.25) is 0 Å². The second kappa shape index (κ2) is 8.20. The van der Waals surface area contributed by atoms with Crippen LogP contribution in [0.15, 0.2) is 115 Å². The molecule has 0 fully saturated rings. The Hall–Kier alpha value is -2.58. The Bertz CT molecular complexity index is 907. The van der Waals surface area contributed by atoms with Crippen LogP contribution in [0, 0.1) is 0 Å². The first-order valence-corrected chi connectivity index (χ1v) is 14.2. The number of hydrogen-bond donors (Lipinski definition) is 0. The maximum atomic E-state index is 2.39. The molecule has 0 saturated carbocycles. The Morgan fingerprint density at radius 3 is 1.07 bits per heavy atom. The van der Waals surface area contributed by atoms with Crippen LogP contribution in [0.25, 0.3) is 0 Å². The van der Waals surface area contributed by atoms with Gasteiger partial charge >= 0.3 is 171 Å². The van der Waals surface area contributed by atoms with Crippen molar-refractivity contribution in [2.24, 2.45) is 0 Å². The Kier molecular flexibility index (Phi) is 5.50. The van der Waals surface area contributed by atoms with Gasteiger partial charge in [0.05, 0.1) is 0 Å². The zero-order valence-electron chi connectivity index (χ0n) is 16.5. The summed E-state index contributed by atoms with van der Waals surface area (Å²) in [5.74, 6) is 0.543. The fourth-order valence-electron chi connectivity index (χ4n) is 4.18. The Morgan fingerprint density at radius 1 is 0.429 bits per heavy atom. The predicted octanol–water partition coefficient (Wildman–Crippen LogP) is 4.19. The van der Waals surface area contributed by atoms with Crippen molar-refractivity contribution in [3.8, 4) is 0 Å². The van der Waals surface area contributed by atoms with E-state index in [2.05, 4.69) is 129 Å². The quantitative estimate of drug-likeness (QED) is 0.423. The molecule has 0 atom stereocenters. The third-order valence-electron chi connectivity index (χ3n) is 5.63. The molecule has 0 heterocycles. The first-order valence-electron chi connectivity index (χ1n) is 10.00. The standard InChI is InChI=1S/C27H26Ge/c1-22(2)23-18-20-27(21-19-23)28(24-12-6-3-7-13-24,25-14-8-4-9-15-25)26-16-10-5-11-17-26/h3-22H,1-2H3. The van der Waals surface area contributed by atoms with Crippen molar-refractivity contribution in [2.75, 3.05) is 0 Å². The topological polar surface area (TPSA) is 0 Å². The summed E-state index contributed by atoms with van der Waals surface area (Å²) < 4.78 is 5.89. The molecular weight excluding hydrogens is 397 g/mol. The van der Waals surface area contributed by atoms with Crippen molar-refractivity contribution in [1.29, 1.82) is 0 Å². The number of hydrogen-bond acceptors (Lipinski definition) is 0. The van der Waals surface area contributed by atoms with E-state index in [4.69, 9.17) is 0 Å². The third kappa shape index (κ3) is 3.34. The molecule has 0 spiro atoms. The van der Waals surface area contributed by atoms with Crippen molar-refractivity contribution in [3.05, 3.63) is 121 Å². The fraction of sp³-hybridized carbons (Fsp3) is 0.111. The first kappa shape index (κ1) is 18.8. The van der Waals surface area contributed by atoms with Crippen LogP contribution in [0.5, 0.6) is 0 Å². The molecule has 0 unspecified atom stereocenters. The summed E-state index contributed by atoms with van der Waals surface area (Å²) in [6.07, 6.45) is 0. The molecule has 28 heavy (non-hydrogen) atoms. The Morgan fingerprint density at radius 2 is 0.750 bits per heavy atom. The van der Waals surface area contributed by atoms with Crippen LogP contribution in [0.1, 0.15) is 25.3 Å². The summed E-state index contributed by atoms with van der Waals surface area (Å²) in [6, 6.07) is 42.9. The van der Waals surface area contributed by atoms with E-state index in [1.807, 2.05) is 0 Å². The second-order valence-electron chi connectivity index (χ2n) is 7.62. The molecule has 4 rings (SSSR count). The molecule has 1 heteroatoms. The minimum atomic E-state index is -3.06. The molecule has 0 amide bonds. The van der Waals surface area contributed by atoms with Gasteiger partial charge in [-0.15, -0.1) is 0 Å². The fourth-order valence-corrected chi connectivity index (χ4v) is 14.1. The van der Waals surface area contributed by atoms with E-state index >= 15 is 0 Å². The van der Waals surface area contributed by atoms with E-state index < -0.39 is 13.3 Å². The SMILES string of the molecule is CC(C)c1cc[c]([Ge]([c]2ccccc2)([c]2ccccc2)[c]2ccccc2)cc1. The van der Waals surface area contributed by atoms with Crippen molar-refractivity contribution in [1.82, 2.24) is 0 Å². The van der Waals surface area contributed by atoms with E-state index in [1.165, 1.54) is 23.1 Å².